The Labute approximate surface area is 114 Å². The molecule has 2 aromatic heterocycles. The normalized spacial score (nSPS) is 10.7. The van der Waals surface area contributed by atoms with Crippen molar-refractivity contribution in [2.24, 2.45) is 0 Å². The first-order chi connectivity index (χ1) is 9.70. The van der Waals surface area contributed by atoms with Gasteiger partial charge in [0.05, 0.1) is 24.5 Å². The zero-order chi connectivity index (χ0) is 14.1. The molecule has 0 atom stereocenters. The van der Waals surface area contributed by atoms with E-state index in [4.69, 9.17) is 5.73 Å². The van der Waals surface area contributed by atoms with E-state index < -0.39 is 5.97 Å². The molecule has 7 nitrogen and oxygen atoms in total. The summed E-state index contributed by atoms with van der Waals surface area (Å²) in [6, 6.07) is 7.51. The smallest absolute Gasteiger partial charge is 0.360 e. The van der Waals surface area contributed by atoms with Crippen LogP contribution in [0.5, 0.6) is 0 Å². The molecule has 20 heavy (non-hydrogen) atoms. The number of esters is 1. The van der Waals surface area contributed by atoms with E-state index >= 15 is 0 Å². The lowest BCUT2D eigenvalue weighted by Gasteiger charge is -2.03. The lowest BCUT2D eigenvalue weighted by Crippen LogP contribution is -2.06. The van der Waals surface area contributed by atoms with E-state index in [-0.39, 0.29) is 11.4 Å². The standard InChI is InChI=1S/C13H11N5O2/c1-20-13(19)11-9(14)6-18(17-11)12-8-4-2-3-5-10(8)15-7-16-12/h2-7H,14H2,1H3. The first kappa shape index (κ1) is 12.1. The Bertz CT molecular complexity index is 791. The van der Waals surface area contributed by atoms with Gasteiger partial charge in [0.25, 0.3) is 0 Å². The van der Waals surface area contributed by atoms with E-state index in [0.29, 0.717) is 5.82 Å². The molecule has 0 fully saturated rings. The fraction of sp³-hybridized carbons (Fsp3) is 0.0769. The third-order valence-electron chi connectivity index (χ3n) is 2.86. The van der Waals surface area contributed by atoms with Crippen LogP contribution >= 0.6 is 0 Å². The molecule has 0 saturated heterocycles. The molecule has 0 aliphatic carbocycles. The summed E-state index contributed by atoms with van der Waals surface area (Å²) in [5.41, 5.74) is 6.86. The van der Waals surface area contributed by atoms with Gasteiger partial charge in [0.2, 0.25) is 0 Å². The van der Waals surface area contributed by atoms with Gasteiger partial charge in [0.15, 0.2) is 11.5 Å². The van der Waals surface area contributed by atoms with Crippen LogP contribution in [0.15, 0.2) is 36.8 Å². The van der Waals surface area contributed by atoms with Gasteiger partial charge >= 0.3 is 5.97 Å². The molecular weight excluding hydrogens is 258 g/mol. The number of carbonyl (C=O) groups excluding carboxylic acids is 1. The zero-order valence-corrected chi connectivity index (χ0v) is 10.6. The van der Waals surface area contributed by atoms with E-state index in [1.54, 1.807) is 0 Å². The number of nitrogen functional groups attached to an aromatic ring is 1. The summed E-state index contributed by atoms with van der Waals surface area (Å²) in [6.45, 7) is 0. The van der Waals surface area contributed by atoms with Gasteiger partial charge in [-0.1, -0.05) is 12.1 Å². The molecule has 3 rings (SSSR count). The summed E-state index contributed by atoms with van der Waals surface area (Å²) >= 11 is 0. The molecule has 7 heteroatoms. The third kappa shape index (κ3) is 1.85. The molecule has 0 aliphatic heterocycles. The lowest BCUT2D eigenvalue weighted by atomic mass is 10.2. The van der Waals surface area contributed by atoms with Crippen molar-refractivity contribution in [1.82, 2.24) is 19.7 Å². The van der Waals surface area contributed by atoms with Crippen LogP contribution in [-0.2, 0) is 4.74 Å². The minimum atomic E-state index is -0.584. The average Bonchev–Trinajstić information content (AvgIpc) is 2.87. The molecule has 0 unspecified atom stereocenters. The van der Waals surface area contributed by atoms with Crippen LogP contribution in [0, 0.1) is 0 Å². The molecule has 0 aliphatic rings. The molecule has 0 saturated carbocycles. The Hall–Kier alpha value is -2.96. The van der Waals surface area contributed by atoms with Crippen LogP contribution in [0.2, 0.25) is 0 Å². The molecule has 1 aromatic carbocycles. The van der Waals surface area contributed by atoms with Crippen LogP contribution in [0.4, 0.5) is 5.69 Å². The summed E-state index contributed by atoms with van der Waals surface area (Å²) in [5, 5.41) is 4.94. The van der Waals surface area contributed by atoms with Crippen LogP contribution in [0.1, 0.15) is 10.5 Å². The highest BCUT2D eigenvalue weighted by Gasteiger charge is 2.17. The monoisotopic (exact) mass is 269 g/mol. The number of para-hydroxylation sites is 1. The van der Waals surface area contributed by atoms with Crippen LogP contribution < -0.4 is 5.73 Å². The number of anilines is 1. The number of ether oxygens (including phenoxy) is 1. The summed E-state index contributed by atoms with van der Waals surface area (Å²) in [6.07, 6.45) is 2.97. The van der Waals surface area contributed by atoms with E-state index in [9.17, 15) is 4.79 Å². The number of carbonyl (C=O) groups is 1. The van der Waals surface area contributed by atoms with E-state index in [2.05, 4.69) is 19.8 Å². The third-order valence-corrected chi connectivity index (χ3v) is 2.86. The van der Waals surface area contributed by atoms with Crippen LogP contribution in [0.3, 0.4) is 0 Å². The molecule has 0 bridgehead atoms. The second-order valence-electron chi connectivity index (χ2n) is 4.08. The molecule has 0 radical (unpaired) electrons. The first-order valence-electron chi connectivity index (χ1n) is 5.84. The predicted molar refractivity (Wildman–Crippen MR) is 72.4 cm³/mol. The molecule has 2 heterocycles. The van der Waals surface area contributed by atoms with E-state index in [0.717, 1.165) is 10.9 Å². The number of hydrogen-bond donors (Lipinski definition) is 1. The number of fused-ring (bicyclic) bond motifs is 1. The van der Waals surface area contributed by atoms with Crippen molar-refractivity contribution in [3.63, 3.8) is 0 Å². The molecule has 2 N–H and O–H groups in total. The number of hydrogen-bond acceptors (Lipinski definition) is 6. The minimum absolute atomic E-state index is 0.0650. The average molecular weight is 269 g/mol. The summed E-state index contributed by atoms with van der Waals surface area (Å²) in [7, 11) is 1.28. The number of aromatic nitrogens is 4. The Morgan fingerprint density at radius 3 is 2.90 bits per heavy atom. The maximum absolute atomic E-state index is 11.5. The molecular formula is C13H11N5O2. The van der Waals surface area contributed by atoms with Gasteiger partial charge < -0.3 is 10.5 Å². The highest BCUT2D eigenvalue weighted by atomic mass is 16.5. The Morgan fingerprint density at radius 1 is 1.30 bits per heavy atom. The fourth-order valence-corrected chi connectivity index (χ4v) is 1.92. The van der Waals surface area contributed by atoms with Crippen molar-refractivity contribution in [2.75, 3.05) is 12.8 Å². The van der Waals surface area contributed by atoms with Crippen molar-refractivity contribution in [3.8, 4) is 5.82 Å². The zero-order valence-electron chi connectivity index (χ0n) is 10.6. The topological polar surface area (TPSA) is 95.9 Å². The van der Waals surface area contributed by atoms with Crippen molar-refractivity contribution in [2.45, 2.75) is 0 Å². The van der Waals surface area contributed by atoms with Crippen molar-refractivity contribution in [1.29, 1.82) is 0 Å². The van der Waals surface area contributed by atoms with Crippen LogP contribution in [0.25, 0.3) is 16.7 Å². The predicted octanol–water partition coefficient (Wildman–Crippen LogP) is 1.18. The van der Waals surface area contributed by atoms with Gasteiger partial charge in [0, 0.05) is 5.39 Å². The first-order valence-corrected chi connectivity index (χ1v) is 5.84. The van der Waals surface area contributed by atoms with Gasteiger partial charge in [-0.15, -0.1) is 0 Å². The summed E-state index contributed by atoms with van der Waals surface area (Å²) in [5.74, 6) is -0.0305. The maximum atomic E-state index is 11.5. The van der Waals surface area contributed by atoms with Gasteiger partial charge in [-0.3, -0.25) is 0 Å². The second-order valence-corrected chi connectivity index (χ2v) is 4.08. The molecule has 100 valence electrons. The van der Waals surface area contributed by atoms with Gasteiger partial charge in [-0.2, -0.15) is 5.10 Å². The highest BCUT2D eigenvalue weighted by molar-refractivity contribution is 5.93. The quantitative estimate of drug-likeness (QED) is 0.702. The SMILES string of the molecule is COC(=O)c1nn(-c2ncnc3ccccc23)cc1N. The molecule has 0 amide bonds. The number of nitrogens with two attached hydrogens (primary N) is 1. The Morgan fingerprint density at radius 2 is 2.10 bits per heavy atom. The number of rotatable bonds is 2. The largest absolute Gasteiger partial charge is 0.464 e. The number of benzene rings is 1. The second kappa shape index (κ2) is 4.61. The van der Waals surface area contributed by atoms with Crippen molar-refractivity contribution >= 4 is 22.6 Å². The minimum Gasteiger partial charge on any atom is -0.464 e. The Kier molecular flexibility index (Phi) is 2.79. The lowest BCUT2D eigenvalue weighted by molar-refractivity contribution is 0.0594. The molecule has 0 spiro atoms. The van der Waals surface area contributed by atoms with E-state index in [1.165, 1.54) is 24.3 Å². The maximum Gasteiger partial charge on any atom is 0.360 e. The van der Waals surface area contributed by atoms with Gasteiger partial charge in [-0.25, -0.2) is 19.4 Å². The van der Waals surface area contributed by atoms with Gasteiger partial charge in [-0.05, 0) is 12.1 Å². The summed E-state index contributed by atoms with van der Waals surface area (Å²) < 4.78 is 6.08. The Balaban J connectivity index is 2.19. The summed E-state index contributed by atoms with van der Waals surface area (Å²) in [4.78, 5) is 19.9. The fourth-order valence-electron chi connectivity index (χ4n) is 1.92. The van der Waals surface area contributed by atoms with Gasteiger partial charge in [0.1, 0.15) is 6.33 Å². The van der Waals surface area contributed by atoms with Crippen molar-refractivity contribution in [3.05, 3.63) is 42.5 Å². The highest BCUT2D eigenvalue weighted by Crippen LogP contribution is 2.20. The number of nitrogens with zero attached hydrogens (tertiary/aromatic N) is 4. The number of methoxy groups -OCH3 is 1. The van der Waals surface area contributed by atoms with Crippen molar-refractivity contribution < 1.29 is 9.53 Å². The molecule has 3 aromatic rings. The van der Waals surface area contributed by atoms with E-state index in [1.807, 2.05) is 24.3 Å². The van der Waals surface area contributed by atoms with Crippen LogP contribution in [-0.4, -0.2) is 32.8 Å².